The number of rotatable bonds is 10. The summed E-state index contributed by atoms with van der Waals surface area (Å²) in [7, 11) is 1.69. The van der Waals surface area contributed by atoms with Gasteiger partial charge in [-0.05, 0) is 80.9 Å². The van der Waals surface area contributed by atoms with Crippen LogP contribution < -0.4 is 10.7 Å². The number of aryl methyl sites for hydroxylation is 1. The second kappa shape index (κ2) is 16.9. The number of aldehydes is 1. The molecule has 6 rings (SSSR count). The third-order valence-electron chi connectivity index (χ3n) is 11.9. The SMILES string of the molecule is C=C/C(=C(\N=CC)[C@H](C)OC)c1c2c3cc(ccc3n1CC)-c1csc(n1)C[C@H](NC(=O)[C@@H]1[C@@H](C)[C@H]1C(C)C)C(=O)N1CCC[C@](C=O)(COCC(C)(C)C2)N1. The van der Waals surface area contributed by atoms with Gasteiger partial charge in [-0.3, -0.25) is 19.6 Å². The van der Waals surface area contributed by atoms with Crippen molar-refractivity contribution < 1.29 is 23.9 Å². The van der Waals surface area contributed by atoms with Crippen LogP contribution in [0, 0.1) is 29.1 Å². The number of aromatic nitrogens is 2. The van der Waals surface area contributed by atoms with Gasteiger partial charge in [-0.25, -0.2) is 10.4 Å². The molecule has 1 aromatic carbocycles. The van der Waals surface area contributed by atoms with E-state index in [1.54, 1.807) is 13.3 Å². The molecule has 12 heteroatoms. The number of carbonyl (C=O) groups excluding carboxylic acids is 3. The highest BCUT2D eigenvalue weighted by Crippen LogP contribution is 2.50. The van der Waals surface area contributed by atoms with Crippen molar-refractivity contribution in [1.82, 2.24) is 25.3 Å². The number of hydrogen-bond acceptors (Lipinski definition) is 9. The van der Waals surface area contributed by atoms with Gasteiger partial charge in [-0.2, -0.15) is 0 Å². The summed E-state index contributed by atoms with van der Waals surface area (Å²) >= 11 is 1.48. The van der Waals surface area contributed by atoms with Gasteiger partial charge >= 0.3 is 0 Å². The summed E-state index contributed by atoms with van der Waals surface area (Å²) in [4.78, 5) is 50.9. The lowest BCUT2D eigenvalue weighted by Crippen LogP contribution is -2.66. The van der Waals surface area contributed by atoms with Crippen LogP contribution in [0.4, 0.5) is 0 Å². The summed E-state index contributed by atoms with van der Waals surface area (Å²) < 4.78 is 14.6. The van der Waals surface area contributed by atoms with Crippen molar-refractivity contribution in [1.29, 1.82) is 0 Å². The van der Waals surface area contributed by atoms with Crippen LogP contribution in [0.1, 0.15) is 84.5 Å². The number of methoxy groups -OCH3 is 1. The van der Waals surface area contributed by atoms with E-state index < -0.39 is 11.6 Å². The molecule has 4 heterocycles. The molecule has 2 amide bonds. The first-order valence-corrected chi connectivity index (χ1v) is 21.0. The van der Waals surface area contributed by atoms with E-state index in [1.807, 2.05) is 25.3 Å². The molecule has 302 valence electrons. The average molecular weight is 785 g/mol. The molecule has 3 aromatic rings. The third-order valence-corrected chi connectivity index (χ3v) is 12.8. The van der Waals surface area contributed by atoms with Crippen molar-refractivity contribution in [2.24, 2.45) is 34.1 Å². The van der Waals surface area contributed by atoms with E-state index in [0.717, 1.165) is 56.0 Å². The Kier molecular flexibility index (Phi) is 12.5. The summed E-state index contributed by atoms with van der Waals surface area (Å²) in [5, 5.41) is 8.52. The van der Waals surface area contributed by atoms with Crippen LogP contribution in [0.5, 0.6) is 0 Å². The maximum Gasteiger partial charge on any atom is 0.259 e. The third kappa shape index (κ3) is 8.21. The number of nitrogens with one attached hydrogen (secondary N) is 2. The molecule has 3 aliphatic rings. The van der Waals surface area contributed by atoms with E-state index >= 15 is 0 Å². The quantitative estimate of drug-likeness (QED) is 0.128. The zero-order valence-corrected chi connectivity index (χ0v) is 35.4. The Labute approximate surface area is 336 Å². The van der Waals surface area contributed by atoms with Gasteiger partial charge in [0.2, 0.25) is 5.91 Å². The van der Waals surface area contributed by atoms with Gasteiger partial charge in [0, 0.05) is 66.2 Å². The van der Waals surface area contributed by atoms with Crippen LogP contribution in [0.3, 0.4) is 0 Å². The molecule has 2 aromatic heterocycles. The fourth-order valence-electron chi connectivity index (χ4n) is 9.02. The summed E-state index contributed by atoms with van der Waals surface area (Å²) in [6, 6.07) is 5.63. The van der Waals surface area contributed by atoms with Crippen molar-refractivity contribution in [2.45, 2.75) is 105 Å². The molecule has 2 N–H and O–H groups in total. The number of benzene rings is 1. The van der Waals surface area contributed by atoms with Crippen LogP contribution >= 0.6 is 11.3 Å². The first-order valence-electron chi connectivity index (χ1n) is 20.1. The molecular weight excluding hydrogens is 725 g/mol. The molecule has 0 spiro atoms. The maximum absolute atomic E-state index is 14.4. The topological polar surface area (TPSA) is 127 Å². The number of nitrogens with zero attached hydrogens (tertiary/aromatic N) is 4. The molecule has 2 aliphatic heterocycles. The smallest absolute Gasteiger partial charge is 0.259 e. The fraction of sp³-hybridized carbons (Fsp3) is 0.568. The normalized spacial score (nSPS) is 26.5. The minimum Gasteiger partial charge on any atom is -0.378 e. The summed E-state index contributed by atoms with van der Waals surface area (Å²) in [6.07, 6.45) is 6.29. The molecule has 0 radical (unpaired) electrons. The van der Waals surface area contributed by atoms with Gasteiger partial charge in [0.1, 0.15) is 17.9 Å². The number of carbonyl (C=O) groups is 3. The second-order valence-corrected chi connectivity index (χ2v) is 17.9. The lowest BCUT2D eigenvalue weighted by atomic mass is 9.84. The standard InChI is InChI=1S/C44H60N6O5S/c1-11-30(39(45-12-2)28(7)54-10)40-32-21-43(8,9)24-55-25-44(23-51)17-14-18-50(48-44)42(53)33(47-41(52)38-27(6)37(38)26(4)5)20-36-46-34(22-56-36)29-15-16-35(31(32)19-29)49(40)13-3/h11-12,15-16,19,22-23,26-28,33,37-38,48H,1,13-14,17-18,20-21,24-25H2,2-10H3,(H,47,52)/b39-30+,45-12?/t27-,28-,33-,37+,38+,44-/m0/s1. The van der Waals surface area contributed by atoms with Crippen LogP contribution in [-0.4, -0.2) is 83.4 Å². The molecule has 56 heavy (non-hydrogen) atoms. The van der Waals surface area contributed by atoms with E-state index in [-0.39, 0.29) is 54.1 Å². The Morgan fingerprint density at radius 3 is 2.68 bits per heavy atom. The number of amides is 2. The van der Waals surface area contributed by atoms with Crippen molar-refractivity contribution in [3.05, 3.63) is 58.2 Å². The average Bonchev–Trinajstić information content (AvgIpc) is 3.49. The lowest BCUT2D eigenvalue weighted by molar-refractivity contribution is -0.147. The van der Waals surface area contributed by atoms with Crippen molar-refractivity contribution >= 4 is 52.1 Å². The largest absolute Gasteiger partial charge is 0.378 e. The molecule has 0 unspecified atom stereocenters. The van der Waals surface area contributed by atoms with Crippen LogP contribution in [0.25, 0.3) is 27.7 Å². The fourth-order valence-corrected chi connectivity index (χ4v) is 9.87. The predicted molar refractivity (Wildman–Crippen MR) is 224 cm³/mol. The zero-order chi connectivity index (χ0) is 40.5. The molecule has 2 fully saturated rings. The zero-order valence-electron chi connectivity index (χ0n) is 34.6. The Hall–Kier alpha value is -3.97. The molecular formula is C44H60N6O5S. The Bertz CT molecular complexity index is 2030. The number of hydrazine groups is 1. The van der Waals surface area contributed by atoms with E-state index in [2.05, 4.69) is 81.6 Å². The van der Waals surface area contributed by atoms with E-state index in [0.29, 0.717) is 44.9 Å². The van der Waals surface area contributed by atoms with Crippen molar-refractivity contribution in [3.8, 4) is 11.3 Å². The highest BCUT2D eigenvalue weighted by atomic mass is 32.1. The number of thiazole rings is 1. The number of hydrogen-bond donors (Lipinski definition) is 2. The first-order chi connectivity index (χ1) is 26.7. The minimum absolute atomic E-state index is 0.0957. The highest BCUT2D eigenvalue weighted by molar-refractivity contribution is 7.10. The number of allylic oxidation sites excluding steroid dienone is 2. The van der Waals surface area contributed by atoms with E-state index in [9.17, 15) is 14.4 Å². The van der Waals surface area contributed by atoms with Crippen LogP contribution in [-0.2, 0) is 43.2 Å². The molecule has 6 bridgehead atoms. The summed E-state index contributed by atoms with van der Waals surface area (Å²) in [5.41, 5.74) is 8.54. The monoisotopic (exact) mass is 784 g/mol. The van der Waals surface area contributed by atoms with Crippen molar-refractivity contribution in [3.63, 3.8) is 0 Å². The molecule has 1 saturated carbocycles. The van der Waals surface area contributed by atoms with Gasteiger partial charge in [0.15, 0.2) is 0 Å². The maximum atomic E-state index is 14.4. The predicted octanol–water partition coefficient (Wildman–Crippen LogP) is 7.04. The molecule has 1 saturated heterocycles. The lowest BCUT2D eigenvalue weighted by Gasteiger charge is -2.41. The number of ether oxygens (including phenoxy) is 2. The summed E-state index contributed by atoms with van der Waals surface area (Å²) in [6.45, 7) is 22.6. The molecule has 6 atom stereocenters. The van der Waals surface area contributed by atoms with Gasteiger partial charge in [-0.15, -0.1) is 11.3 Å². The van der Waals surface area contributed by atoms with Crippen LogP contribution in [0.15, 0.2) is 46.9 Å². The van der Waals surface area contributed by atoms with E-state index in [4.69, 9.17) is 19.5 Å². The van der Waals surface area contributed by atoms with E-state index in [1.165, 1.54) is 16.3 Å². The van der Waals surface area contributed by atoms with Crippen LogP contribution in [0.2, 0.25) is 0 Å². The highest BCUT2D eigenvalue weighted by Gasteiger charge is 2.53. The van der Waals surface area contributed by atoms with Gasteiger partial charge in [0.25, 0.3) is 5.91 Å². The Morgan fingerprint density at radius 2 is 2.04 bits per heavy atom. The Morgan fingerprint density at radius 1 is 1.27 bits per heavy atom. The van der Waals surface area contributed by atoms with Crippen molar-refractivity contribution in [2.75, 3.05) is 26.9 Å². The first kappa shape index (κ1) is 41.7. The van der Waals surface area contributed by atoms with Gasteiger partial charge in [-0.1, -0.05) is 53.3 Å². The Balaban J connectivity index is 1.49. The minimum atomic E-state index is -1.09. The molecule has 1 aliphatic carbocycles. The molecule has 11 nitrogen and oxygen atoms in total. The number of fused-ring (bicyclic) bond motifs is 6. The second-order valence-electron chi connectivity index (χ2n) is 17.0. The number of aliphatic imine (C=N–C) groups is 1. The summed E-state index contributed by atoms with van der Waals surface area (Å²) in [5.74, 6) is 0.382. The van der Waals surface area contributed by atoms with Gasteiger partial charge in [0.05, 0.1) is 41.4 Å². The van der Waals surface area contributed by atoms with Gasteiger partial charge < -0.3 is 24.2 Å².